The largest absolute Gasteiger partial charge is 0.381 e. The SMILES string of the molecule is NCC1(C(=O)NCc2ccccc2)CCOCC1. The Bertz CT molecular complexity index is 386. The highest BCUT2D eigenvalue weighted by atomic mass is 16.5. The summed E-state index contributed by atoms with van der Waals surface area (Å²) >= 11 is 0. The standard InChI is InChI=1S/C14H20N2O2/c15-11-14(6-8-18-9-7-14)13(17)16-10-12-4-2-1-3-5-12/h1-5H,6-11,15H2,(H,16,17). The Balaban J connectivity index is 1.94. The van der Waals surface area contributed by atoms with Crippen LogP contribution < -0.4 is 11.1 Å². The average molecular weight is 248 g/mol. The van der Waals surface area contributed by atoms with Crippen LogP contribution in [-0.2, 0) is 16.1 Å². The van der Waals surface area contributed by atoms with Crippen LogP contribution in [0.3, 0.4) is 0 Å². The van der Waals surface area contributed by atoms with Crippen molar-refractivity contribution >= 4 is 5.91 Å². The zero-order chi connectivity index (χ0) is 12.8. The predicted octanol–water partition coefficient (Wildman–Crippen LogP) is 1.06. The van der Waals surface area contributed by atoms with Crippen LogP contribution in [0.4, 0.5) is 0 Å². The highest BCUT2D eigenvalue weighted by Crippen LogP contribution is 2.29. The van der Waals surface area contributed by atoms with Crippen molar-refractivity contribution in [3.8, 4) is 0 Å². The molecule has 0 radical (unpaired) electrons. The molecule has 0 spiro atoms. The van der Waals surface area contributed by atoms with Gasteiger partial charge in [0.15, 0.2) is 0 Å². The molecule has 0 atom stereocenters. The van der Waals surface area contributed by atoms with Gasteiger partial charge in [0.25, 0.3) is 0 Å². The Morgan fingerprint density at radius 3 is 2.56 bits per heavy atom. The number of nitrogens with two attached hydrogens (primary N) is 1. The molecule has 2 rings (SSSR count). The first-order valence-electron chi connectivity index (χ1n) is 6.37. The molecule has 3 N–H and O–H groups in total. The molecule has 98 valence electrons. The summed E-state index contributed by atoms with van der Waals surface area (Å²) in [6, 6.07) is 9.90. The van der Waals surface area contributed by atoms with Crippen molar-refractivity contribution in [2.75, 3.05) is 19.8 Å². The van der Waals surface area contributed by atoms with E-state index in [0.717, 1.165) is 5.56 Å². The zero-order valence-corrected chi connectivity index (χ0v) is 10.5. The van der Waals surface area contributed by atoms with Crippen LogP contribution in [-0.4, -0.2) is 25.7 Å². The van der Waals surface area contributed by atoms with Crippen molar-refractivity contribution in [2.24, 2.45) is 11.1 Å². The van der Waals surface area contributed by atoms with Crippen LogP contribution in [0.1, 0.15) is 18.4 Å². The second-order valence-electron chi connectivity index (χ2n) is 4.77. The van der Waals surface area contributed by atoms with E-state index in [4.69, 9.17) is 10.5 Å². The van der Waals surface area contributed by atoms with Gasteiger partial charge in [0.1, 0.15) is 0 Å². The lowest BCUT2D eigenvalue weighted by molar-refractivity contribution is -0.136. The fraction of sp³-hybridized carbons (Fsp3) is 0.500. The van der Waals surface area contributed by atoms with Gasteiger partial charge in [-0.2, -0.15) is 0 Å². The van der Waals surface area contributed by atoms with Crippen LogP contribution in [0.15, 0.2) is 30.3 Å². The minimum atomic E-state index is -0.437. The van der Waals surface area contributed by atoms with E-state index in [1.807, 2.05) is 30.3 Å². The lowest BCUT2D eigenvalue weighted by atomic mass is 9.79. The number of hydrogen-bond donors (Lipinski definition) is 2. The smallest absolute Gasteiger partial charge is 0.227 e. The van der Waals surface area contributed by atoms with Gasteiger partial charge in [0.05, 0.1) is 5.41 Å². The summed E-state index contributed by atoms with van der Waals surface area (Å²) in [7, 11) is 0. The summed E-state index contributed by atoms with van der Waals surface area (Å²) < 4.78 is 5.30. The summed E-state index contributed by atoms with van der Waals surface area (Å²) in [6.45, 7) is 2.19. The second kappa shape index (κ2) is 5.98. The van der Waals surface area contributed by atoms with Crippen LogP contribution in [0, 0.1) is 5.41 Å². The Hall–Kier alpha value is -1.39. The van der Waals surface area contributed by atoms with Crippen molar-refractivity contribution < 1.29 is 9.53 Å². The van der Waals surface area contributed by atoms with E-state index in [0.29, 0.717) is 39.1 Å². The van der Waals surface area contributed by atoms with Crippen molar-refractivity contribution in [1.29, 1.82) is 0 Å². The maximum Gasteiger partial charge on any atom is 0.227 e. The van der Waals surface area contributed by atoms with E-state index in [1.54, 1.807) is 0 Å². The summed E-state index contributed by atoms with van der Waals surface area (Å²) in [6.07, 6.45) is 1.42. The topological polar surface area (TPSA) is 64.4 Å². The molecule has 4 heteroatoms. The molecule has 0 saturated carbocycles. The molecule has 18 heavy (non-hydrogen) atoms. The van der Waals surface area contributed by atoms with E-state index < -0.39 is 5.41 Å². The van der Waals surface area contributed by atoms with E-state index in [1.165, 1.54) is 0 Å². The van der Waals surface area contributed by atoms with Gasteiger partial charge in [-0.05, 0) is 18.4 Å². The lowest BCUT2D eigenvalue weighted by Gasteiger charge is -2.34. The molecule has 1 aromatic rings. The van der Waals surface area contributed by atoms with Gasteiger partial charge in [-0.15, -0.1) is 0 Å². The number of benzene rings is 1. The minimum Gasteiger partial charge on any atom is -0.381 e. The molecular weight excluding hydrogens is 228 g/mol. The fourth-order valence-electron chi connectivity index (χ4n) is 2.25. The Labute approximate surface area is 108 Å². The molecule has 1 heterocycles. The predicted molar refractivity (Wildman–Crippen MR) is 69.8 cm³/mol. The number of carbonyl (C=O) groups excluding carboxylic acids is 1. The van der Waals surface area contributed by atoms with Gasteiger partial charge in [-0.25, -0.2) is 0 Å². The first-order valence-corrected chi connectivity index (χ1v) is 6.37. The average Bonchev–Trinajstić information content (AvgIpc) is 2.46. The number of ether oxygens (including phenoxy) is 1. The maximum absolute atomic E-state index is 12.3. The third-order valence-electron chi connectivity index (χ3n) is 3.62. The van der Waals surface area contributed by atoms with Crippen LogP contribution >= 0.6 is 0 Å². The highest BCUT2D eigenvalue weighted by Gasteiger charge is 2.38. The van der Waals surface area contributed by atoms with E-state index >= 15 is 0 Å². The van der Waals surface area contributed by atoms with Gasteiger partial charge < -0.3 is 15.8 Å². The molecule has 0 bridgehead atoms. The second-order valence-corrected chi connectivity index (χ2v) is 4.77. The number of nitrogens with one attached hydrogen (secondary N) is 1. The van der Waals surface area contributed by atoms with Crippen molar-refractivity contribution in [3.63, 3.8) is 0 Å². The summed E-state index contributed by atoms with van der Waals surface area (Å²) in [5, 5.41) is 2.99. The molecular formula is C14H20N2O2. The maximum atomic E-state index is 12.3. The molecule has 0 aromatic heterocycles. The number of carbonyl (C=O) groups is 1. The molecule has 4 nitrogen and oxygen atoms in total. The van der Waals surface area contributed by atoms with Crippen molar-refractivity contribution in [3.05, 3.63) is 35.9 Å². The molecule has 1 aromatic carbocycles. The Morgan fingerprint density at radius 1 is 1.28 bits per heavy atom. The lowest BCUT2D eigenvalue weighted by Crippen LogP contribution is -2.48. The molecule has 0 aliphatic carbocycles. The molecule has 1 saturated heterocycles. The van der Waals surface area contributed by atoms with E-state index in [2.05, 4.69) is 5.32 Å². The quantitative estimate of drug-likeness (QED) is 0.837. The van der Waals surface area contributed by atoms with Gasteiger partial charge in [-0.1, -0.05) is 30.3 Å². The summed E-state index contributed by atoms with van der Waals surface area (Å²) in [4.78, 5) is 12.3. The van der Waals surface area contributed by atoms with Gasteiger partial charge in [0.2, 0.25) is 5.91 Å². The minimum absolute atomic E-state index is 0.0529. The molecule has 1 fully saturated rings. The normalized spacial score (nSPS) is 18.3. The van der Waals surface area contributed by atoms with Crippen molar-refractivity contribution in [1.82, 2.24) is 5.32 Å². The number of rotatable bonds is 4. The fourth-order valence-corrected chi connectivity index (χ4v) is 2.25. The zero-order valence-electron chi connectivity index (χ0n) is 10.5. The Morgan fingerprint density at radius 2 is 1.94 bits per heavy atom. The van der Waals surface area contributed by atoms with E-state index in [9.17, 15) is 4.79 Å². The van der Waals surface area contributed by atoms with E-state index in [-0.39, 0.29) is 5.91 Å². The third kappa shape index (κ3) is 2.89. The van der Waals surface area contributed by atoms with Gasteiger partial charge in [-0.3, -0.25) is 4.79 Å². The first kappa shape index (κ1) is 13.1. The van der Waals surface area contributed by atoms with Gasteiger partial charge >= 0.3 is 0 Å². The molecule has 1 aliphatic rings. The van der Waals surface area contributed by atoms with Crippen LogP contribution in [0.25, 0.3) is 0 Å². The first-order chi connectivity index (χ1) is 8.77. The summed E-state index contributed by atoms with van der Waals surface area (Å²) in [5.41, 5.74) is 6.46. The van der Waals surface area contributed by atoms with Crippen molar-refractivity contribution in [2.45, 2.75) is 19.4 Å². The third-order valence-corrected chi connectivity index (χ3v) is 3.62. The highest BCUT2D eigenvalue weighted by molar-refractivity contribution is 5.83. The number of amides is 1. The Kier molecular flexibility index (Phi) is 4.33. The summed E-state index contributed by atoms with van der Waals surface area (Å²) in [5.74, 6) is 0.0529. The van der Waals surface area contributed by atoms with Gasteiger partial charge in [0, 0.05) is 26.3 Å². The molecule has 0 unspecified atom stereocenters. The molecule has 1 amide bonds. The monoisotopic (exact) mass is 248 g/mol. The number of hydrogen-bond acceptors (Lipinski definition) is 3. The molecule has 1 aliphatic heterocycles. The van der Waals surface area contributed by atoms with Crippen LogP contribution in [0.2, 0.25) is 0 Å². The van der Waals surface area contributed by atoms with Crippen LogP contribution in [0.5, 0.6) is 0 Å².